The van der Waals surface area contributed by atoms with Crippen molar-refractivity contribution in [3.05, 3.63) is 23.8 Å². The van der Waals surface area contributed by atoms with Crippen LogP contribution in [0.2, 0.25) is 0 Å². The van der Waals surface area contributed by atoms with Gasteiger partial charge < -0.3 is 15.3 Å². The summed E-state index contributed by atoms with van der Waals surface area (Å²) in [5, 5.41) is 29.6. The number of allylic oxidation sites excluding steroid dienone is 3. The van der Waals surface area contributed by atoms with E-state index in [-0.39, 0.29) is 5.41 Å². The van der Waals surface area contributed by atoms with Crippen molar-refractivity contribution in [3.8, 4) is 0 Å². The predicted molar refractivity (Wildman–Crippen MR) is 112 cm³/mol. The third-order valence-electron chi connectivity index (χ3n) is 7.47. The van der Waals surface area contributed by atoms with Gasteiger partial charge in [0.2, 0.25) is 0 Å². The van der Waals surface area contributed by atoms with E-state index in [4.69, 9.17) is 0 Å². The highest BCUT2D eigenvalue weighted by atomic mass is 16.3. The lowest BCUT2D eigenvalue weighted by Gasteiger charge is -2.41. The number of hydrogen-bond donors (Lipinski definition) is 3. The molecule has 0 saturated heterocycles. The van der Waals surface area contributed by atoms with Crippen molar-refractivity contribution >= 4 is 0 Å². The topological polar surface area (TPSA) is 60.7 Å². The number of aliphatic hydroxyl groups excluding tert-OH is 2. The number of aliphatic hydroxyl groups is 3. The molecule has 3 nitrogen and oxygen atoms in total. The summed E-state index contributed by atoms with van der Waals surface area (Å²) in [6, 6.07) is 0. The van der Waals surface area contributed by atoms with Gasteiger partial charge in [0.15, 0.2) is 0 Å². The van der Waals surface area contributed by atoms with Gasteiger partial charge in [-0.25, -0.2) is 0 Å². The summed E-state index contributed by atoms with van der Waals surface area (Å²) < 4.78 is 0. The van der Waals surface area contributed by atoms with Gasteiger partial charge in [0, 0.05) is 0 Å². The van der Waals surface area contributed by atoms with E-state index >= 15 is 0 Å². The Kier molecular flexibility index (Phi) is 7.38. The standard InChI is InChI=1S/C24H42O3/c1-22(2,27)12-6-7-13-24(5)14-11-19(23(24,3)4)10-8-9-18-15-20(25)17-21(26)16-18/h8-10,19-21,25-27H,6-7,11-17H2,1-5H3/b10-8+/t19-,20-,21-,24+/m1/s1. The minimum absolute atomic E-state index is 0.252. The van der Waals surface area contributed by atoms with Crippen LogP contribution in [0.5, 0.6) is 0 Å². The van der Waals surface area contributed by atoms with Gasteiger partial charge in [-0.2, -0.15) is 0 Å². The molecule has 3 heteroatoms. The molecular weight excluding hydrogens is 336 g/mol. The highest BCUT2D eigenvalue weighted by Gasteiger charge is 2.49. The predicted octanol–water partition coefficient (Wildman–Crippen LogP) is 5.15. The highest BCUT2D eigenvalue weighted by Crippen LogP contribution is 2.58. The van der Waals surface area contributed by atoms with Crippen molar-refractivity contribution in [2.75, 3.05) is 0 Å². The third-order valence-corrected chi connectivity index (χ3v) is 7.47. The van der Waals surface area contributed by atoms with E-state index < -0.39 is 17.8 Å². The Morgan fingerprint density at radius 2 is 1.70 bits per heavy atom. The van der Waals surface area contributed by atoms with Crippen molar-refractivity contribution in [2.45, 2.75) is 110 Å². The van der Waals surface area contributed by atoms with Crippen molar-refractivity contribution in [3.63, 3.8) is 0 Å². The summed E-state index contributed by atoms with van der Waals surface area (Å²) in [6.07, 6.45) is 14.5. The fraction of sp³-hybridized carbons (Fsp3) is 0.833. The molecule has 0 amide bonds. The molecule has 156 valence electrons. The molecule has 2 saturated carbocycles. The average Bonchev–Trinajstić information content (AvgIpc) is 2.73. The van der Waals surface area contributed by atoms with Crippen LogP contribution in [0.3, 0.4) is 0 Å². The van der Waals surface area contributed by atoms with Crippen molar-refractivity contribution in [2.24, 2.45) is 16.7 Å². The van der Waals surface area contributed by atoms with Crippen LogP contribution in [0.15, 0.2) is 23.8 Å². The Hall–Kier alpha value is -0.640. The summed E-state index contributed by atoms with van der Waals surface area (Å²) >= 11 is 0. The zero-order chi connectivity index (χ0) is 20.3. The Bertz CT molecular complexity index is 528. The average molecular weight is 379 g/mol. The van der Waals surface area contributed by atoms with Crippen LogP contribution in [0, 0.1) is 16.7 Å². The summed E-state index contributed by atoms with van der Waals surface area (Å²) in [6.45, 7) is 11.1. The Labute approximate surface area is 166 Å². The van der Waals surface area contributed by atoms with E-state index in [1.54, 1.807) is 0 Å². The number of unbranched alkanes of at least 4 members (excludes halogenated alkanes) is 1. The fourth-order valence-corrected chi connectivity index (χ4v) is 5.09. The largest absolute Gasteiger partial charge is 0.393 e. The molecule has 3 N–H and O–H groups in total. The van der Waals surface area contributed by atoms with Crippen LogP contribution < -0.4 is 0 Å². The van der Waals surface area contributed by atoms with Crippen LogP contribution in [0.1, 0.15) is 92.4 Å². The first kappa shape index (κ1) is 22.6. The van der Waals surface area contributed by atoms with Crippen molar-refractivity contribution < 1.29 is 15.3 Å². The van der Waals surface area contributed by atoms with Crippen LogP contribution in [0.25, 0.3) is 0 Å². The monoisotopic (exact) mass is 378 g/mol. The lowest BCUT2D eigenvalue weighted by atomic mass is 9.63. The molecular formula is C24H42O3. The molecule has 4 atom stereocenters. The second-order valence-corrected chi connectivity index (χ2v) is 10.6. The quantitative estimate of drug-likeness (QED) is 0.537. The van der Waals surface area contributed by atoms with Crippen LogP contribution in [-0.4, -0.2) is 33.1 Å². The number of rotatable bonds is 7. The van der Waals surface area contributed by atoms with E-state index in [1.165, 1.54) is 25.7 Å². The maximum Gasteiger partial charge on any atom is 0.0602 e. The van der Waals surface area contributed by atoms with Crippen molar-refractivity contribution in [1.29, 1.82) is 0 Å². The SMILES string of the molecule is CC(C)(O)CCCC[C@@]1(C)CC[C@@H](/C=C/C=C2C[C@@H](O)C[C@H](O)C2)C1(C)C. The van der Waals surface area contributed by atoms with Gasteiger partial charge in [-0.15, -0.1) is 0 Å². The molecule has 0 radical (unpaired) electrons. The van der Waals surface area contributed by atoms with E-state index in [0.717, 1.165) is 18.4 Å². The van der Waals surface area contributed by atoms with Crippen LogP contribution in [-0.2, 0) is 0 Å². The maximum atomic E-state index is 9.91. The van der Waals surface area contributed by atoms with E-state index in [2.05, 4.69) is 39.0 Å². The number of hydrogen-bond acceptors (Lipinski definition) is 3. The van der Waals surface area contributed by atoms with Gasteiger partial charge in [0.25, 0.3) is 0 Å². The van der Waals surface area contributed by atoms with Gasteiger partial charge in [-0.05, 0) is 75.5 Å². The molecule has 0 aliphatic heterocycles. The van der Waals surface area contributed by atoms with Gasteiger partial charge in [-0.1, -0.05) is 57.4 Å². The highest BCUT2D eigenvalue weighted by molar-refractivity contribution is 5.18. The molecule has 0 aromatic carbocycles. The second kappa shape index (κ2) is 8.80. The second-order valence-electron chi connectivity index (χ2n) is 10.6. The Morgan fingerprint density at radius 3 is 2.30 bits per heavy atom. The first-order valence-corrected chi connectivity index (χ1v) is 10.9. The fourth-order valence-electron chi connectivity index (χ4n) is 5.09. The lowest BCUT2D eigenvalue weighted by molar-refractivity contribution is 0.0600. The maximum absolute atomic E-state index is 9.91. The molecule has 2 aliphatic rings. The molecule has 2 fully saturated rings. The summed E-state index contributed by atoms with van der Waals surface area (Å²) in [4.78, 5) is 0. The van der Waals surface area contributed by atoms with Gasteiger partial charge in [0.05, 0.1) is 17.8 Å². The molecule has 2 aliphatic carbocycles. The first-order valence-electron chi connectivity index (χ1n) is 10.9. The summed E-state index contributed by atoms with van der Waals surface area (Å²) in [7, 11) is 0. The van der Waals surface area contributed by atoms with Gasteiger partial charge in [-0.3, -0.25) is 0 Å². The molecule has 0 bridgehead atoms. The zero-order valence-corrected chi connectivity index (χ0v) is 18.2. The lowest BCUT2D eigenvalue weighted by Crippen LogP contribution is -2.33. The molecule has 0 unspecified atom stereocenters. The molecule has 2 rings (SSSR count). The van der Waals surface area contributed by atoms with E-state index in [0.29, 0.717) is 30.6 Å². The first-order chi connectivity index (χ1) is 12.4. The summed E-state index contributed by atoms with van der Waals surface area (Å²) in [5.41, 5.74) is 1.20. The minimum atomic E-state index is -0.550. The minimum Gasteiger partial charge on any atom is -0.393 e. The molecule has 0 aromatic heterocycles. The Morgan fingerprint density at radius 1 is 1.07 bits per heavy atom. The van der Waals surface area contributed by atoms with E-state index in [1.807, 2.05) is 13.8 Å². The normalized spacial score (nSPS) is 34.4. The van der Waals surface area contributed by atoms with Gasteiger partial charge >= 0.3 is 0 Å². The summed E-state index contributed by atoms with van der Waals surface area (Å²) in [5.74, 6) is 0.562. The van der Waals surface area contributed by atoms with Crippen molar-refractivity contribution in [1.82, 2.24) is 0 Å². The molecule has 0 heterocycles. The van der Waals surface area contributed by atoms with Crippen LogP contribution >= 0.6 is 0 Å². The zero-order valence-electron chi connectivity index (χ0n) is 18.2. The Balaban J connectivity index is 1.91. The smallest absolute Gasteiger partial charge is 0.0602 e. The molecule has 0 aromatic rings. The van der Waals surface area contributed by atoms with Crippen LogP contribution in [0.4, 0.5) is 0 Å². The molecule has 0 spiro atoms. The van der Waals surface area contributed by atoms with Gasteiger partial charge in [0.1, 0.15) is 0 Å². The van der Waals surface area contributed by atoms with E-state index in [9.17, 15) is 15.3 Å². The molecule has 27 heavy (non-hydrogen) atoms. The third kappa shape index (κ3) is 6.17.